The third-order valence-electron chi connectivity index (χ3n) is 0.767. The quantitative estimate of drug-likeness (QED) is 0.719. The highest BCUT2D eigenvalue weighted by Gasteiger charge is 2.55. The molecule has 0 saturated carbocycles. The molecule has 0 aromatic rings. The third-order valence-corrected chi connectivity index (χ3v) is 0.767. The second kappa shape index (κ2) is 3.40. The minimum Gasteiger partial charge on any atom is -0.475 e. The SMILES string of the molecule is O=C(O)C(F)(F)OC(F)(F)C(F)F. The van der Waals surface area contributed by atoms with Crippen molar-refractivity contribution in [1.29, 1.82) is 0 Å². The largest absolute Gasteiger partial charge is 0.475 e. The number of ether oxygens (including phenoxy) is 1. The normalized spacial score (nSPS) is 13.5. The zero-order valence-corrected chi connectivity index (χ0v) is 5.61. The lowest BCUT2D eigenvalue weighted by Crippen LogP contribution is -2.43. The fraction of sp³-hybridized carbons (Fsp3) is 0.750. The first kappa shape index (κ1) is 12.0. The smallest absolute Gasteiger partial charge is 0.460 e. The molecule has 78 valence electrons. The minimum absolute atomic E-state index is 2.13. The van der Waals surface area contributed by atoms with Gasteiger partial charge in [0.2, 0.25) is 0 Å². The van der Waals surface area contributed by atoms with Crippen molar-refractivity contribution in [2.75, 3.05) is 0 Å². The molecular weight excluding hydrogens is 210 g/mol. The van der Waals surface area contributed by atoms with E-state index >= 15 is 0 Å². The van der Waals surface area contributed by atoms with Gasteiger partial charge in [-0.15, -0.1) is 0 Å². The van der Waals surface area contributed by atoms with Gasteiger partial charge in [-0.3, -0.25) is 0 Å². The molecular formula is C4H2F6O3. The Kier molecular flexibility index (Phi) is 3.14. The van der Waals surface area contributed by atoms with Crippen LogP contribution in [0.4, 0.5) is 26.3 Å². The van der Waals surface area contributed by atoms with E-state index in [1.807, 2.05) is 0 Å². The van der Waals surface area contributed by atoms with E-state index in [9.17, 15) is 31.1 Å². The van der Waals surface area contributed by atoms with Gasteiger partial charge in [0.1, 0.15) is 0 Å². The molecule has 0 aliphatic heterocycles. The fourth-order valence-electron chi connectivity index (χ4n) is 0.259. The summed E-state index contributed by atoms with van der Waals surface area (Å²) in [5.41, 5.74) is 0. The number of carboxylic acids is 1. The van der Waals surface area contributed by atoms with Crippen molar-refractivity contribution in [3.8, 4) is 0 Å². The van der Waals surface area contributed by atoms with Crippen LogP contribution in [0.15, 0.2) is 0 Å². The molecule has 0 aromatic carbocycles. The molecule has 0 aliphatic carbocycles. The van der Waals surface area contributed by atoms with E-state index in [4.69, 9.17) is 5.11 Å². The number of hydrogen-bond donors (Lipinski definition) is 1. The maximum atomic E-state index is 11.8. The van der Waals surface area contributed by atoms with E-state index in [1.54, 1.807) is 0 Å². The van der Waals surface area contributed by atoms with Gasteiger partial charge in [0.05, 0.1) is 0 Å². The average Bonchev–Trinajstić information content (AvgIpc) is 1.83. The van der Waals surface area contributed by atoms with E-state index in [0.29, 0.717) is 0 Å². The van der Waals surface area contributed by atoms with Crippen LogP contribution in [-0.4, -0.2) is 29.7 Å². The van der Waals surface area contributed by atoms with Crippen LogP contribution >= 0.6 is 0 Å². The first-order valence-corrected chi connectivity index (χ1v) is 2.57. The molecule has 0 atom stereocenters. The van der Waals surface area contributed by atoms with Crippen molar-refractivity contribution in [3.63, 3.8) is 0 Å². The molecule has 0 rings (SSSR count). The monoisotopic (exact) mass is 212 g/mol. The fourth-order valence-corrected chi connectivity index (χ4v) is 0.259. The van der Waals surface area contributed by atoms with Crippen LogP contribution in [0.25, 0.3) is 0 Å². The predicted molar refractivity (Wildman–Crippen MR) is 24.6 cm³/mol. The molecule has 0 radical (unpaired) electrons. The summed E-state index contributed by atoms with van der Waals surface area (Å²) in [7, 11) is 0. The summed E-state index contributed by atoms with van der Waals surface area (Å²) in [6.45, 7) is 0. The average molecular weight is 212 g/mol. The molecule has 0 spiro atoms. The Morgan fingerprint density at radius 1 is 1.23 bits per heavy atom. The highest BCUT2D eigenvalue weighted by molar-refractivity contribution is 5.73. The molecule has 0 aromatic heterocycles. The molecule has 1 N–H and O–H groups in total. The van der Waals surface area contributed by atoms with Gasteiger partial charge in [-0.1, -0.05) is 0 Å². The van der Waals surface area contributed by atoms with Crippen molar-refractivity contribution in [2.24, 2.45) is 0 Å². The second-order valence-electron chi connectivity index (χ2n) is 1.79. The van der Waals surface area contributed by atoms with Gasteiger partial charge in [-0.2, -0.15) is 17.6 Å². The standard InChI is InChI=1S/C4H2F6O3/c5-1(6)3(7,8)13-4(9,10)2(11)12/h1H,(H,11,12). The topological polar surface area (TPSA) is 46.5 Å². The van der Waals surface area contributed by atoms with E-state index in [0.717, 1.165) is 0 Å². The van der Waals surface area contributed by atoms with Crippen molar-refractivity contribution in [1.82, 2.24) is 0 Å². The number of halogens is 6. The van der Waals surface area contributed by atoms with Crippen molar-refractivity contribution < 1.29 is 41.0 Å². The zero-order chi connectivity index (χ0) is 10.9. The highest BCUT2D eigenvalue weighted by atomic mass is 19.3. The molecule has 13 heavy (non-hydrogen) atoms. The van der Waals surface area contributed by atoms with E-state index in [-0.39, 0.29) is 0 Å². The van der Waals surface area contributed by atoms with Crippen LogP contribution in [0, 0.1) is 0 Å². The summed E-state index contributed by atoms with van der Waals surface area (Å²) in [5.74, 6) is -3.08. The van der Waals surface area contributed by atoms with Crippen LogP contribution in [0.5, 0.6) is 0 Å². The molecule has 0 saturated heterocycles. The van der Waals surface area contributed by atoms with Crippen molar-refractivity contribution in [3.05, 3.63) is 0 Å². The number of aliphatic carboxylic acids is 1. The first-order valence-electron chi connectivity index (χ1n) is 2.57. The van der Waals surface area contributed by atoms with Crippen molar-refractivity contribution >= 4 is 5.97 Å². The van der Waals surface area contributed by atoms with Gasteiger partial charge in [0.15, 0.2) is 0 Å². The molecule has 0 bridgehead atoms. The van der Waals surface area contributed by atoms with E-state index in [1.165, 1.54) is 0 Å². The Labute approximate surface area is 66.9 Å². The molecule has 3 nitrogen and oxygen atoms in total. The van der Waals surface area contributed by atoms with Crippen LogP contribution in [0.1, 0.15) is 0 Å². The first-order chi connectivity index (χ1) is 5.59. The number of carbonyl (C=O) groups is 1. The maximum Gasteiger partial charge on any atom is 0.460 e. The van der Waals surface area contributed by atoms with Gasteiger partial charge in [0, 0.05) is 0 Å². The molecule has 0 fully saturated rings. The van der Waals surface area contributed by atoms with Crippen LogP contribution in [0.3, 0.4) is 0 Å². The summed E-state index contributed by atoms with van der Waals surface area (Å²) in [6, 6.07) is 0. The lowest BCUT2D eigenvalue weighted by molar-refractivity contribution is -0.393. The lowest BCUT2D eigenvalue weighted by atomic mass is 10.6. The summed E-state index contributed by atoms with van der Waals surface area (Å²) in [5, 5.41) is 7.53. The molecule has 0 aliphatic rings. The van der Waals surface area contributed by atoms with Crippen LogP contribution in [-0.2, 0) is 9.53 Å². The van der Waals surface area contributed by atoms with Gasteiger partial charge in [-0.25, -0.2) is 18.3 Å². The number of alkyl halides is 6. The number of rotatable bonds is 4. The Bertz CT molecular complexity index is 202. The van der Waals surface area contributed by atoms with Crippen molar-refractivity contribution in [2.45, 2.75) is 18.6 Å². The minimum atomic E-state index is -5.50. The van der Waals surface area contributed by atoms with E-state index < -0.39 is 24.6 Å². The summed E-state index contributed by atoms with van der Waals surface area (Å²) >= 11 is 0. The van der Waals surface area contributed by atoms with Crippen LogP contribution < -0.4 is 0 Å². The Balaban J connectivity index is 4.52. The molecule has 0 unspecified atom stereocenters. The summed E-state index contributed by atoms with van der Waals surface area (Å²) in [6.07, 6.45) is -15.4. The van der Waals surface area contributed by atoms with Gasteiger partial charge in [-0.05, 0) is 0 Å². The predicted octanol–water partition coefficient (Wildman–Crippen LogP) is 1.54. The highest BCUT2D eigenvalue weighted by Crippen LogP contribution is 2.31. The molecule has 0 heterocycles. The van der Waals surface area contributed by atoms with Gasteiger partial charge < -0.3 is 5.11 Å². The summed E-state index contributed by atoms with van der Waals surface area (Å²) < 4.78 is 71.5. The third kappa shape index (κ3) is 3.09. The van der Waals surface area contributed by atoms with Gasteiger partial charge in [0.25, 0.3) is 0 Å². The van der Waals surface area contributed by atoms with Crippen LogP contribution in [0.2, 0.25) is 0 Å². The maximum absolute atomic E-state index is 11.8. The molecule has 9 heteroatoms. The second-order valence-corrected chi connectivity index (χ2v) is 1.79. The Morgan fingerprint density at radius 3 is 1.85 bits per heavy atom. The zero-order valence-electron chi connectivity index (χ0n) is 5.61. The number of carboxylic acid groups (broad SMARTS) is 1. The Morgan fingerprint density at radius 2 is 1.62 bits per heavy atom. The lowest BCUT2D eigenvalue weighted by Gasteiger charge is -2.19. The Hall–Kier alpha value is -0.990. The summed E-state index contributed by atoms with van der Waals surface area (Å²) in [4.78, 5) is 9.47. The molecule has 0 amide bonds. The van der Waals surface area contributed by atoms with Gasteiger partial charge >= 0.3 is 24.6 Å². The van der Waals surface area contributed by atoms with E-state index in [2.05, 4.69) is 4.74 Å². The number of hydrogen-bond acceptors (Lipinski definition) is 2.